The first-order chi connectivity index (χ1) is 6.97. The van der Waals surface area contributed by atoms with Gasteiger partial charge in [-0.2, -0.15) is 0 Å². The molecule has 0 amide bonds. The molecule has 2 rings (SSSR count). The standard InChI is InChI=1S/C9H12BrNO2S2/c1-6-2-8(3-6)11-15(12,13)9-4-7(10)5-14-9/h4-6,8,11H,2-3H2,1H3. The number of halogens is 1. The summed E-state index contributed by atoms with van der Waals surface area (Å²) in [6.07, 6.45) is 1.90. The van der Waals surface area contributed by atoms with Crippen LogP contribution in [0.15, 0.2) is 20.1 Å². The van der Waals surface area contributed by atoms with Gasteiger partial charge in [0, 0.05) is 15.9 Å². The van der Waals surface area contributed by atoms with Crippen molar-refractivity contribution in [1.29, 1.82) is 0 Å². The maximum absolute atomic E-state index is 11.8. The summed E-state index contributed by atoms with van der Waals surface area (Å²) in [7, 11) is -3.28. The second kappa shape index (κ2) is 4.16. The van der Waals surface area contributed by atoms with Crippen LogP contribution in [0.25, 0.3) is 0 Å². The Hall–Kier alpha value is 0.0900. The molecular weight excluding hydrogens is 298 g/mol. The summed E-state index contributed by atoms with van der Waals surface area (Å²) in [6, 6.07) is 1.76. The van der Waals surface area contributed by atoms with Crippen LogP contribution in [0.4, 0.5) is 0 Å². The molecule has 0 aromatic carbocycles. The van der Waals surface area contributed by atoms with Gasteiger partial charge >= 0.3 is 0 Å². The van der Waals surface area contributed by atoms with E-state index in [-0.39, 0.29) is 6.04 Å². The minimum Gasteiger partial charge on any atom is -0.207 e. The van der Waals surface area contributed by atoms with Crippen LogP contribution in [-0.4, -0.2) is 14.5 Å². The molecule has 3 nitrogen and oxygen atoms in total. The highest BCUT2D eigenvalue weighted by molar-refractivity contribution is 9.10. The summed E-state index contributed by atoms with van der Waals surface area (Å²) in [6.45, 7) is 2.13. The number of nitrogens with one attached hydrogen (secondary N) is 1. The van der Waals surface area contributed by atoms with Crippen molar-refractivity contribution in [2.24, 2.45) is 5.92 Å². The maximum atomic E-state index is 11.8. The van der Waals surface area contributed by atoms with Crippen LogP contribution in [0, 0.1) is 5.92 Å². The van der Waals surface area contributed by atoms with Crippen LogP contribution in [0.5, 0.6) is 0 Å². The van der Waals surface area contributed by atoms with Gasteiger partial charge in [0.25, 0.3) is 0 Å². The Kier molecular flexibility index (Phi) is 3.21. The second-order valence-corrected chi connectivity index (χ2v) is 7.75. The summed E-state index contributed by atoms with van der Waals surface area (Å²) in [5, 5.41) is 1.78. The van der Waals surface area contributed by atoms with E-state index >= 15 is 0 Å². The van der Waals surface area contributed by atoms with Crippen molar-refractivity contribution in [2.45, 2.75) is 30.0 Å². The Morgan fingerprint density at radius 3 is 2.67 bits per heavy atom. The Morgan fingerprint density at radius 1 is 1.53 bits per heavy atom. The van der Waals surface area contributed by atoms with Gasteiger partial charge in [0.2, 0.25) is 10.0 Å². The summed E-state index contributed by atoms with van der Waals surface area (Å²) >= 11 is 4.49. The number of hydrogen-bond donors (Lipinski definition) is 1. The maximum Gasteiger partial charge on any atom is 0.250 e. The molecule has 1 N–H and O–H groups in total. The number of sulfonamides is 1. The first-order valence-electron chi connectivity index (χ1n) is 4.74. The van der Waals surface area contributed by atoms with E-state index in [0.29, 0.717) is 10.1 Å². The molecule has 1 aliphatic carbocycles. The predicted molar refractivity (Wildman–Crippen MR) is 64.5 cm³/mol. The number of thiophene rings is 1. The SMILES string of the molecule is CC1CC(NS(=O)(=O)c2cc(Br)cs2)C1. The van der Waals surface area contributed by atoms with Gasteiger partial charge in [-0.05, 0) is 40.8 Å². The first-order valence-corrected chi connectivity index (χ1v) is 7.89. The van der Waals surface area contributed by atoms with Gasteiger partial charge in [0.1, 0.15) is 4.21 Å². The highest BCUT2D eigenvalue weighted by Gasteiger charge is 2.30. The fourth-order valence-corrected chi connectivity index (χ4v) is 4.84. The van der Waals surface area contributed by atoms with Gasteiger partial charge in [0.05, 0.1) is 0 Å². The van der Waals surface area contributed by atoms with Crippen molar-refractivity contribution in [3.05, 3.63) is 15.9 Å². The van der Waals surface area contributed by atoms with Crippen molar-refractivity contribution in [3.63, 3.8) is 0 Å². The fraction of sp³-hybridized carbons (Fsp3) is 0.556. The molecule has 0 bridgehead atoms. The van der Waals surface area contributed by atoms with Crippen LogP contribution in [0.3, 0.4) is 0 Å². The molecule has 1 aliphatic rings. The van der Waals surface area contributed by atoms with Crippen molar-refractivity contribution in [3.8, 4) is 0 Å². The number of rotatable bonds is 3. The number of hydrogen-bond acceptors (Lipinski definition) is 3. The summed E-state index contributed by atoms with van der Waals surface area (Å²) in [5.41, 5.74) is 0. The molecule has 0 unspecified atom stereocenters. The lowest BCUT2D eigenvalue weighted by Gasteiger charge is -2.32. The fourth-order valence-electron chi connectivity index (χ4n) is 1.71. The van der Waals surface area contributed by atoms with E-state index in [0.717, 1.165) is 17.3 Å². The van der Waals surface area contributed by atoms with Gasteiger partial charge in [-0.3, -0.25) is 0 Å². The summed E-state index contributed by atoms with van der Waals surface area (Å²) in [5.74, 6) is 0.646. The average molecular weight is 310 g/mol. The molecule has 0 aliphatic heterocycles. The predicted octanol–water partition coefficient (Wildman–Crippen LogP) is 2.59. The van der Waals surface area contributed by atoms with E-state index < -0.39 is 10.0 Å². The zero-order valence-corrected chi connectivity index (χ0v) is 11.5. The molecule has 0 saturated heterocycles. The molecule has 1 saturated carbocycles. The Morgan fingerprint density at radius 2 is 2.20 bits per heavy atom. The zero-order valence-electron chi connectivity index (χ0n) is 8.23. The highest BCUT2D eigenvalue weighted by atomic mass is 79.9. The van der Waals surface area contributed by atoms with Crippen LogP contribution >= 0.6 is 27.3 Å². The molecule has 1 heterocycles. The van der Waals surface area contributed by atoms with Gasteiger partial charge in [-0.1, -0.05) is 6.92 Å². The lowest BCUT2D eigenvalue weighted by atomic mass is 9.83. The minimum absolute atomic E-state index is 0.130. The molecule has 0 atom stereocenters. The molecule has 1 aromatic rings. The van der Waals surface area contributed by atoms with Crippen LogP contribution < -0.4 is 4.72 Å². The van der Waals surface area contributed by atoms with E-state index in [4.69, 9.17) is 0 Å². The lowest BCUT2D eigenvalue weighted by molar-refractivity contribution is 0.270. The molecule has 1 aromatic heterocycles. The van der Waals surface area contributed by atoms with Crippen LogP contribution in [-0.2, 0) is 10.0 Å². The van der Waals surface area contributed by atoms with E-state index in [1.807, 2.05) is 0 Å². The zero-order chi connectivity index (χ0) is 11.1. The summed E-state index contributed by atoms with van der Waals surface area (Å²) in [4.78, 5) is 0. The van der Waals surface area contributed by atoms with Crippen molar-refractivity contribution in [1.82, 2.24) is 4.72 Å². The largest absolute Gasteiger partial charge is 0.250 e. The van der Waals surface area contributed by atoms with Crippen molar-refractivity contribution >= 4 is 37.3 Å². The topological polar surface area (TPSA) is 46.2 Å². The minimum atomic E-state index is -3.28. The molecule has 6 heteroatoms. The molecule has 0 radical (unpaired) electrons. The molecule has 0 spiro atoms. The van der Waals surface area contributed by atoms with Crippen molar-refractivity contribution in [2.75, 3.05) is 0 Å². The quantitative estimate of drug-likeness (QED) is 0.933. The third-order valence-electron chi connectivity index (χ3n) is 2.50. The van der Waals surface area contributed by atoms with E-state index in [1.165, 1.54) is 11.3 Å². The Labute approximate surface area is 102 Å². The third kappa shape index (κ3) is 2.61. The smallest absolute Gasteiger partial charge is 0.207 e. The van der Waals surface area contributed by atoms with Crippen molar-refractivity contribution < 1.29 is 8.42 Å². The van der Waals surface area contributed by atoms with Gasteiger partial charge in [-0.25, -0.2) is 13.1 Å². The molecule has 84 valence electrons. The Balaban J connectivity index is 2.07. The second-order valence-electron chi connectivity index (χ2n) is 3.98. The Bertz CT molecular complexity index is 448. The third-order valence-corrected chi connectivity index (χ3v) is 6.22. The van der Waals surface area contributed by atoms with Crippen LogP contribution in [0.1, 0.15) is 19.8 Å². The molecule has 1 fully saturated rings. The normalized spacial score (nSPS) is 26.3. The van der Waals surface area contributed by atoms with E-state index in [1.54, 1.807) is 11.4 Å². The molecular formula is C9H12BrNO2S2. The van der Waals surface area contributed by atoms with Gasteiger partial charge < -0.3 is 0 Å². The van der Waals surface area contributed by atoms with E-state index in [2.05, 4.69) is 27.6 Å². The molecule has 15 heavy (non-hydrogen) atoms. The van der Waals surface area contributed by atoms with Gasteiger partial charge in [-0.15, -0.1) is 11.3 Å². The highest BCUT2D eigenvalue weighted by Crippen LogP contribution is 2.29. The monoisotopic (exact) mass is 309 g/mol. The van der Waals surface area contributed by atoms with Gasteiger partial charge in [0.15, 0.2) is 0 Å². The van der Waals surface area contributed by atoms with Crippen LogP contribution in [0.2, 0.25) is 0 Å². The van der Waals surface area contributed by atoms with E-state index in [9.17, 15) is 8.42 Å². The first kappa shape index (κ1) is 11.6. The lowest BCUT2D eigenvalue weighted by Crippen LogP contribution is -2.43. The average Bonchev–Trinajstić information content (AvgIpc) is 2.49. The summed E-state index contributed by atoms with van der Waals surface area (Å²) < 4.78 is 27.6.